The predicted molar refractivity (Wildman–Crippen MR) is 215 cm³/mol. The number of nitrogens with one attached hydrogen (secondary N) is 2. The fourth-order valence-corrected chi connectivity index (χ4v) is 11.2. The molecule has 1 aromatic carbocycles. The van der Waals surface area contributed by atoms with Crippen LogP contribution < -0.4 is 19.5 Å². The van der Waals surface area contributed by atoms with Crippen molar-refractivity contribution in [2.24, 2.45) is 29.6 Å². The fourth-order valence-electron chi connectivity index (χ4n) is 9.91. The molecule has 3 heterocycles. The van der Waals surface area contributed by atoms with Gasteiger partial charge in [-0.1, -0.05) is 26.0 Å². The summed E-state index contributed by atoms with van der Waals surface area (Å²) >= 11 is 0. The number of aromatic nitrogens is 1. The van der Waals surface area contributed by atoms with E-state index < -0.39 is 68.2 Å². The largest absolute Gasteiger partial charge is 0.491 e. The van der Waals surface area contributed by atoms with Crippen LogP contribution in [0.5, 0.6) is 11.6 Å². The Bertz CT molecular complexity index is 2110. The van der Waals surface area contributed by atoms with Crippen molar-refractivity contribution in [2.75, 3.05) is 6.54 Å². The number of nitrogens with zero attached hydrogens (tertiary/aromatic N) is 3. The molecule has 0 spiro atoms. The fraction of sp³-hybridized carbons (Fsp3) is 0.651. The smallest absolute Gasteiger partial charge is 0.408 e. The summed E-state index contributed by atoms with van der Waals surface area (Å²) in [5.41, 5.74) is -1.54. The number of carboxylic acid groups (broad SMARTS) is 1. The highest BCUT2D eigenvalue weighted by atomic mass is 32.2. The number of hydrogen-bond donors (Lipinski definition) is 3. The van der Waals surface area contributed by atoms with E-state index in [-0.39, 0.29) is 43.4 Å². The Labute approximate surface area is 340 Å². The van der Waals surface area contributed by atoms with Gasteiger partial charge in [-0.3, -0.25) is 24.0 Å². The van der Waals surface area contributed by atoms with E-state index in [0.29, 0.717) is 67.4 Å². The molecular weight excluding hydrogens is 763 g/mol. The zero-order chi connectivity index (χ0) is 41.3. The highest BCUT2D eigenvalue weighted by Crippen LogP contribution is 2.54. The van der Waals surface area contributed by atoms with Gasteiger partial charge in [0.15, 0.2) is 0 Å². The standard InChI is InChI=1S/C43H57N5O9S/c1-24(2)56-32-10-11-34-27(20-32)12-15-44-38(34)57-33-21-35-37(49)45-43(40(51)46-58(54,55)42(5)13-14-42)22-30(43)9-7-6-8-25(3)16-26(4)36(39(50)47(35)23-33)48(41(52)53)31-18-28-17-29(28)19-31/h7,9-12,15,20,24-26,28-31,33,35-36H,6,8,13-14,16-19,21-23H2,1-5H3,(H,45,49)(H,46,51)(H,52,53)/b9-7-/t25-,26-,28+,29?,30-,31?,33-,35+,36+,43-/m1/s1. The molecule has 2 aliphatic heterocycles. The number of ether oxygens (including phenoxy) is 2. The zero-order valence-corrected chi connectivity index (χ0v) is 34.9. The van der Waals surface area contributed by atoms with Gasteiger partial charge in [-0.15, -0.1) is 0 Å². The molecule has 5 fully saturated rings. The van der Waals surface area contributed by atoms with Gasteiger partial charge in [0.2, 0.25) is 27.7 Å². The van der Waals surface area contributed by atoms with Crippen molar-refractivity contribution in [3.05, 3.63) is 42.6 Å². The van der Waals surface area contributed by atoms with E-state index in [2.05, 4.69) is 21.9 Å². The lowest BCUT2D eigenvalue weighted by atomic mass is 9.86. The number of benzene rings is 1. The summed E-state index contributed by atoms with van der Waals surface area (Å²) in [5.74, 6) is -0.641. The molecule has 4 amide bonds. The first-order valence-electron chi connectivity index (χ1n) is 21.1. The minimum atomic E-state index is -4.01. The molecule has 14 nitrogen and oxygen atoms in total. The van der Waals surface area contributed by atoms with Crippen LogP contribution in [0.1, 0.15) is 98.8 Å². The lowest BCUT2D eigenvalue weighted by molar-refractivity contribution is -0.145. The minimum absolute atomic E-state index is 0.0212. The quantitative estimate of drug-likeness (QED) is 0.277. The first-order chi connectivity index (χ1) is 27.5. The molecule has 6 aliphatic rings. The van der Waals surface area contributed by atoms with Crippen molar-refractivity contribution in [1.82, 2.24) is 24.8 Å². The average Bonchev–Trinajstić information content (AvgIpc) is 4.11. The van der Waals surface area contributed by atoms with Crippen molar-refractivity contribution < 1.29 is 42.2 Å². The van der Waals surface area contributed by atoms with Crippen molar-refractivity contribution in [3.8, 4) is 11.6 Å². The summed E-state index contributed by atoms with van der Waals surface area (Å²) < 4.78 is 40.2. The summed E-state index contributed by atoms with van der Waals surface area (Å²) in [7, 11) is -4.01. The van der Waals surface area contributed by atoms with Crippen LogP contribution in [0.4, 0.5) is 4.79 Å². The second kappa shape index (κ2) is 15.0. The van der Waals surface area contributed by atoms with E-state index in [1.54, 1.807) is 13.1 Å². The van der Waals surface area contributed by atoms with E-state index in [4.69, 9.17) is 9.47 Å². The molecule has 8 rings (SSSR count). The number of carbonyl (C=O) groups is 4. The van der Waals surface area contributed by atoms with Gasteiger partial charge in [-0.25, -0.2) is 18.2 Å². The van der Waals surface area contributed by atoms with Crippen LogP contribution in [0.3, 0.4) is 0 Å². The molecule has 0 radical (unpaired) electrons. The predicted octanol–water partition coefficient (Wildman–Crippen LogP) is 5.40. The van der Waals surface area contributed by atoms with E-state index >= 15 is 4.79 Å². The SMILES string of the molecule is CC(C)Oc1ccc2c(O[C@@H]3C[C@H]4C(=O)N[C@]5(C(=O)NS(=O)(=O)C6(C)CC6)C[C@H]5/C=C\CC[C@@H](C)C[C@@H](C)[C@H](N(C(=O)O)C5CC6C[C@H]6C5)C(=O)N4C3)nccc2c1. The van der Waals surface area contributed by atoms with Gasteiger partial charge in [-0.05, 0) is 132 Å². The molecule has 4 aliphatic carbocycles. The molecule has 15 heteroatoms. The third kappa shape index (κ3) is 7.75. The van der Waals surface area contributed by atoms with Gasteiger partial charge >= 0.3 is 6.09 Å². The van der Waals surface area contributed by atoms with Crippen LogP contribution in [0.25, 0.3) is 10.8 Å². The third-order valence-electron chi connectivity index (χ3n) is 13.7. The first-order valence-corrected chi connectivity index (χ1v) is 22.6. The highest BCUT2D eigenvalue weighted by Gasteiger charge is 2.63. The van der Waals surface area contributed by atoms with Crippen LogP contribution in [-0.2, 0) is 24.4 Å². The minimum Gasteiger partial charge on any atom is -0.491 e. The number of pyridine rings is 1. The second-order valence-electron chi connectivity index (χ2n) is 18.6. The Hall–Kier alpha value is -4.40. The van der Waals surface area contributed by atoms with Crippen molar-refractivity contribution in [3.63, 3.8) is 0 Å². The molecule has 2 aromatic rings. The van der Waals surface area contributed by atoms with E-state index in [1.807, 2.05) is 57.2 Å². The lowest BCUT2D eigenvalue weighted by Gasteiger charge is -2.40. The zero-order valence-electron chi connectivity index (χ0n) is 34.1. The average molecular weight is 820 g/mol. The lowest BCUT2D eigenvalue weighted by Crippen LogP contribution is -2.61. The van der Waals surface area contributed by atoms with Gasteiger partial charge in [0, 0.05) is 30.0 Å². The van der Waals surface area contributed by atoms with Crippen LogP contribution in [0.15, 0.2) is 42.6 Å². The third-order valence-corrected chi connectivity index (χ3v) is 15.8. The Morgan fingerprint density at radius 3 is 2.50 bits per heavy atom. The van der Waals surface area contributed by atoms with Crippen LogP contribution in [0, 0.1) is 29.6 Å². The number of rotatable bonds is 9. The number of allylic oxidation sites excluding steroid dienone is 1. The molecule has 3 N–H and O–H groups in total. The van der Waals surface area contributed by atoms with Crippen molar-refractivity contribution in [1.29, 1.82) is 0 Å². The van der Waals surface area contributed by atoms with Gasteiger partial charge in [-0.2, -0.15) is 0 Å². The van der Waals surface area contributed by atoms with Crippen LogP contribution >= 0.6 is 0 Å². The first kappa shape index (κ1) is 40.4. The summed E-state index contributed by atoms with van der Waals surface area (Å²) in [6, 6.07) is 4.94. The Kier molecular flexibility index (Phi) is 10.4. The highest BCUT2D eigenvalue weighted by molar-refractivity contribution is 7.91. The Balaban J connectivity index is 1.14. The maximum atomic E-state index is 15.3. The summed E-state index contributed by atoms with van der Waals surface area (Å²) in [4.78, 5) is 64.6. The van der Waals surface area contributed by atoms with E-state index in [0.717, 1.165) is 18.2 Å². The molecule has 4 saturated carbocycles. The number of fused-ring (bicyclic) bond motifs is 4. The molecule has 0 bridgehead atoms. The van der Waals surface area contributed by atoms with E-state index in [1.165, 1.54) is 9.80 Å². The number of hydrogen-bond acceptors (Lipinski definition) is 9. The van der Waals surface area contributed by atoms with Crippen LogP contribution in [0.2, 0.25) is 0 Å². The maximum Gasteiger partial charge on any atom is 0.408 e. The molecule has 2 unspecified atom stereocenters. The molecule has 10 atom stereocenters. The van der Waals surface area contributed by atoms with Crippen molar-refractivity contribution >= 4 is 44.6 Å². The van der Waals surface area contributed by atoms with Crippen LogP contribution in [-0.4, -0.2) is 99.3 Å². The summed E-state index contributed by atoms with van der Waals surface area (Å²) in [6.45, 7) is 9.50. The second-order valence-corrected chi connectivity index (χ2v) is 20.8. The van der Waals surface area contributed by atoms with Crippen molar-refractivity contribution in [2.45, 2.75) is 139 Å². The number of amides is 4. The van der Waals surface area contributed by atoms with Gasteiger partial charge in [0.25, 0.3) is 5.91 Å². The number of sulfonamides is 1. The van der Waals surface area contributed by atoms with Gasteiger partial charge in [0.1, 0.15) is 29.5 Å². The normalized spacial score (nSPS) is 34.7. The van der Waals surface area contributed by atoms with E-state index in [9.17, 15) is 27.9 Å². The molecule has 314 valence electrons. The Morgan fingerprint density at radius 2 is 1.81 bits per heavy atom. The summed E-state index contributed by atoms with van der Waals surface area (Å²) in [5, 5.41) is 15.3. The van der Waals surface area contributed by atoms with Gasteiger partial charge < -0.3 is 24.8 Å². The Morgan fingerprint density at radius 1 is 1.07 bits per heavy atom. The topological polar surface area (TPSA) is 185 Å². The molecule has 1 aromatic heterocycles. The molecule has 58 heavy (non-hydrogen) atoms. The molecule has 1 saturated heterocycles. The molecular formula is C43H57N5O9S. The number of carbonyl (C=O) groups excluding carboxylic acids is 3. The maximum absolute atomic E-state index is 15.3. The monoisotopic (exact) mass is 819 g/mol. The van der Waals surface area contributed by atoms with Gasteiger partial charge in [0.05, 0.1) is 17.4 Å². The summed E-state index contributed by atoms with van der Waals surface area (Å²) in [6.07, 6.45) is 9.22.